The fourth-order valence-corrected chi connectivity index (χ4v) is 6.91. The molecule has 2 nitrogen and oxygen atoms in total. The van der Waals surface area contributed by atoms with Gasteiger partial charge in [0, 0.05) is 23.7 Å². The second-order valence-electron chi connectivity index (χ2n) is 7.51. The highest BCUT2D eigenvalue weighted by atomic mass is 32.2. The Bertz CT molecular complexity index is 335. The first-order valence-corrected chi connectivity index (χ1v) is 10.6. The Labute approximate surface area is 141 Å². The van der Waals surface area contributed by atoms with Gasteiger partial charge in [0.2, 0.25) is 0 Å². The standard InChI is InChI=1S/C19H34O2S/c1-3-5-11-21-15-7-9-17-16-8-6-14(20-10-4-2)12-18(16)22-19(17)13-15/h14-19H,3-13H2,1-2H3. The lowest BCUT2D eigenvalue weighted by Gasteiger charge is -2.36. The summed E-state index contributed by atoms with van der Waals surface area (Å²) in [6, 6.07) is 0. The first-order chi connectivity index (χ1) is 10.8. The number of thioether (sulfide) groups is 1. The molecule has 0 N–H and O–H groups in total. The van der Waals surface area contributed by atoms with Gasteiger partial charge < -0.3 is 9.47 Å². The van der Waals surface area contributed by atoms with Gasteiger partial charge in [-0.2, -0.15) is 11.8 Å². The summed E-state index contributed by atoms with van der Waals surface area (Å²) >= 11 is 2.30. The van der Waals surface area contributed by atoms with Gasteiger partial charge in [0.25, 0.3) is 0 Å². The van der Waals surface area contributed by atoms with Crippen molar-refractivity contribution in [2.24, 2.45) is 11.8 Å². The Morgan fingerprint density at radius 3 is 1.91 bits per heavy atom. The highest BCUT2D eigenvalue weighted by molar-refractivity contribution is 8.00. The van der Waals surface area contributed by atoms with E-state index in [2.05, 4.69) is 25.6 Å². The lowest BCUT2D eigenvalue weighted by Crippen LogP contribution is -2.35. The minimum Gasteiger partial charge on any atom is -0.378 e. The topological polar surface area (TPSA) is 18.5 Å². The average Bonchev–Trinajstić information content (AvgIpc) is 2.90. The Morgan fingerprint density at radius 1 is 0.773 bits per heavy atom. The van der Waals surface area contributed by atoms with Gasteiger partial charge in [-0.1, -0.05) is 20.3 Å². The van der Waals surface area contributed by atoms with E-state index in [1.807, 2.05) is 0 Å². The highest BCUT2D eigenvalue weighted by Gasteiger charge is 2.48. The molecule has 0 aromatic rings. The van der Waals surface area contributed by atoms with Crippen molar-refractivity contribution in [3.8, 4) is 0 Å². The van der Waals surface area contributed by atoms with E-state index >= 15 is 0 Å². The molecule has 1 saturated heterocycles. The summed E-state index contributed by atoms with van der Waals surface area (Å²) in [6.45, 7) is 6.38. The molecule has 0 bridgehead atoms. The summed E-state index contributed by atoms with van der Waals surface area (Å²) in [5.41, 5.74) is 0. The molecule has 3 aliphatic rings. The minimum atomic E-state index is 0.547. The maximum atomic E-state index is 6.12. The van der Waals surface area contributed by atoms with Crippen LogP contribution in [0.5, 0.6) is 0 Å². The van der Waals surface area contributed by atoms with Crippen LogP contribution < -0.4 is 0 Å². The molecular weight excluding hydrogens is 292 g/mol. The molecule has 1 heterocycles. The van der Waals surface area contributed by atoms with Crippen molar-refractivity contribution in [1.29, 1.82) is 0 Å². The monoisotopic (exact) mass is 326 g/mol. The molecule has 0 radical (unpaired) electrons. The number of hydrogen-bond donors (Lipinski definition) is 0. The minimum absolute atomic E-state index is 0.547. The Balaban J connectivity index is 1.48. The summed E-state index contributed by atoms with van der Waals surface area (Å²) in [5, 5.41) is 1.75. The van der Waals surface area contributed by atoms with E-state index in [1.54, 1.807) is 0 Å². The van der Waals surface area contributed by atoms with Crippen LogP contribution in [0.25, 0.3) is 0 Å². The second-order valence-corrected chi connectivity index (χ2v) is 8.99. The van der Waals surface area contributed by atoms with Gasteiger partial charge in [-0.25, -0.2) is 0 Å². The fraction of sp³-hybridized carbons (Fsp3) is 1.00. The van der Waals surface area contributed by atoms with Crippen LogP contribution in [0.3, 0.4) is 0 Å². The van der Waals surface area contributed by atoms with Gasteiger partial charge >= 0.3 is 0 Å². The van der Waals surface area contributed by atoms with Crippen molar-refractivity contribution >= 4 is 11.8 Å². The van der Waals surface area contributed by atoms with Gasteiger partial charge in [0.05, 0.1) is 12.2 Å². The van der Waals surface area contributed by atoms with Crippen LogP contribution in [0.4, 0.5) is 0 Å². The van der Waals surface area contributed by atoms with Crippen molar-refractivity contribution in [3.05, 3.63) is 0 Å². The smallest absolute Gasteiger partial charge is 0.0585 e. The Kier molecular flexibility index (Phi) is 6.52. The number of rotatable bonds is 7. The zero-order chi connectivity index (χ0) is 15.4. The lowest BCUT2D eigenvalue weighted by molar-refractivity contribution is -0.00110. The summed E-state index contributed by atoms with van der Waals surface area (Å²) in [7, 11) is 0. The highest BCUT2D eigenvalue weighted by Crippen LogP contribution is 2.55. The van der Waals surface area contributed by atoms with E-state index in [4.69, 9.17) is 9.47 Å². The third-order valence-corrected chi connectivity index (χ3v) is 7.68. The van der Waals surface area contributed by atoms with E-state index in [9.17, 15) is 0 Å². The normalized spacial score (nSPS) is 41.2. The number of fused-ring (bicyclic) bond motifs is 3. The zero-order valence-electron chi connectivity index (χ0n) is 14.5. The van der Waals surface area contributed by atoms with Gasteiger partial charge in [0.1, 0.15) is 0 Å². The molecule has 0 aromatic carbocycles. The number of hydrogen-bond acceptors (Lipinski definition) is 3. The lowest BCUT2D eigenvalue weighted by atomic mass is 9.72. The van der Waals surface area contributed by atoms with Crippen LogP contribution in [-0.4, -0.2) is 35.9 Å². The molecular formula is C19H34O2S. The van der Waals surface area contributed by atoms with Gasteiger partial charge in [0.15, 0.2) is 0 Å². The van der Waals surface area contributed by atoms with Gasteiger partial charge in [-0.05, 0) is 63.2 Å². The van der Waals surface area contributed by atoms with E-state index in [1.165, 1.54) is 51.4 Å². The van der Waals surface area contributed by atoms with Crippen LogP contribution in [0, 0.1) is 11.8 Å². The third-order valence-electron chi connectivity index (χ3n) is 5.90. The quantitative estimate of drug-likeness (QED) is 0.610. The van der Waals surface area contributed by atoms with Crippen molar-refractivity contribution in [1.82, 2.24) is 0 Å². The molecule has 2 saturated carbocycles. The predicted molar refractivity (Wildman–Crippen MR) is 94.5 cm³/mol. The largest absolute Gasteiger partial charge is 0.378 e. The van der Waals surface area contributed by atoms with Crippen LogP contribution in [0.15, 0.2) is 0 Å². The fourth-order valence-electron chi connectivity index (χ4n) is 4.73. The SMILES string of the molecule is CCCCOC1CCC2C(C1)SC1CC(OCCC)CCC12. The number of unbranched alkanes of at least 4 members (excludes halogenated alkanes) is 1. The third kappa shape index (κ3) is 4.02. The molecule has 0 aromatic heterocycles. The summed E-state index contributed by atoms with van der Waals surface area (Å²) in [5.74, 6) is 1.96. The first kappa shape index (κ1) is 17.1. The van der Waals surface area contributed by atoms with Crippen molar-refractivity contribution in [2.45, 2.75) is 94.3 Å². The molecule has 2 aliphatic carbocycles. The Morgan fingerprint density at radius 2 is 1.36 bits per heavy atom. The molecule has 0 amide bonds. The predicted octanol–water partition coefficient (Wildman–Crippen LogP) is 5.05. The first-order valence-electron chi connectivity index (χ1n) is 9.70. The van der Waals surface area contributed by atoms with Crippen molar-refractivity contribution < 1.29 is 9.47 Å². The molecule has 1 aliphatic heterocycles. The second kappa shape index (κ2) is 8.39. The van der Waals surface area contributed by atoms with Crippen LogP contribution in [0.1, 0.15) is 71.6 Å². The molecule has 22 heavy (non-hydrogen) atoms. The van der Waals surface area contributed by atoms with Crippen LogP contribution in [0.2, 0.25) is 0 Å². The Hall–Kier alpha value is 0.270. The molecule has 6 unspecified atom stereocenters. The molecule has 6 atom stereocenters. The summed E-state index contributed by atoms with van der Waals surface area (Å²) in [4.78, 5) is 0. The average molecular weight is 327 g/mol. The zero-order valence-corrected chi connectivity index (χ0v) is 15.3. The molecule has 3 rings (SSSR count). The van der Waals surface area contributed by atoms with E-state index in [-0.39, 0.29) is 0 Å². The number of ether oxygens (including phenoxy) is 2. The van der Waals surface area contributed by atoms with Gasteiger partial charge in [-0.15, -0.1) is 0 Å². The van der Waals surface area contributed by atoms with Crippen LogP contribution in [-0.2, 0) is 9.47 Å². The van der Waals surface area contributed by atoms with Crippen molar-refractivity contribution in [2.75, 3.05) is 13.2 Å². The molecule has 3 heteroatoms. The summed E-state index contributed by atoms with van der Waals surface area (Å²) < 4.78 is 12.2. The maximum Gasteiger partial charge on any atom is 0.0585 e. The van der Waals surface area contributed by atoms with E-state index in [0.29, 0.717) is 12.2 Å². The molecule has 0 spiro atoms. The van der Waals surface area contributed by atoms with E-state index < -0.39 is 0 Å². The molecule has 128 valence electrons. The van der Waals surface area contributed by atoms with Crippen molar-refractivity contribution in [3.63, 3.8) is 0 Å². The molecule has 3 fully saturated rings. The van der Waals surface area contributed by atoms with Gasteiger partial charge in [-0.3, -0.25) is 0 Å². The maximum absolute atomic E-state index is 6.12. The van der Waals surface area contributed by atoms with Crippen LogP contribution >= 0.6 is 11.8 Å². The summed E-state index contributed by atoms with van der Waals surface area (Å²) in [6.07, 6.45) is 12.8. The van der Waals surface area contributed by atoms with E-state index in [0.717, 1.165) is 42.0 Å².